The van der Waals surface area contributed by atoms with Crippen molar-refractivity contribution in [3.8, 4) is 0 Å². The first-order valence-electron chi connectivity index (χ1n) is 5.94. The minimum atomic E-state index is -1.86. The van der Waals surface area contributed by atoms with Gasteiger partial charge in [-0.3, -0.25) is 9.59 Å². The number of hydrogen-bond donors (Lipinski definition) is 1. The second kappa shape index (κ2) is 4.42. The Bertz CT molecular complexity index is 717. The van der Waals surface area contributed by atoms with Crippen molar-refractivity contribution in [2.75, 3.05) is 5.32 Å². The molecule has 3 rings (SSSR count). The van der Waals surface area contributed by atoms with E-state index in [0.717, 1.165) is 0 Å². The van der Waals surface area contributed by atoms with Gasteiger partial charge in [0, 0.05) is 5.56 Å². The van der Waals surface area contributed by atoms with Crippen LogP contribution in [0.25, 0.3) is 0 Å². The Balaban J connectivity index is 2.21. The molecule has 2 aromatic rings. The molecule has 20 heavy (non-hydrogen) atoms. The third-order valence-corrected chi connectivity index (χ3v) is 3.86. The van der Waals surface area contributed by atoms with Crippen LogP contribution in [-0.4, -0.2) is 11.7 Å². The number of benzene rings is 2. The number of para-hydroxylation sites is 1. The van der Waals surface area contributed by atoms with Crippen molar-refractivity contribution in [1.82, 2.24) is 0 Å². The molecule has 2 aromatic carbocycles. The minimum absolute atomic E-state index is 0.0726. The van der Waals surface area contributed by atoms with Crippen LogP contribution < -0.4 is 5.32 Å². The summed E-state index contributed by atoms with van der Waals surface area (Å²) in [7, 11) is 0. The number of nitrogens with one attached hydrogen (secondary N) is 1. The zero-order valence-electron chi connectivity index (χ0n) is 10.2. The summed E-state index contributed by atoms with van der Waals surface area (Å²) < 4.78 is 13.7. The highest BCUT2D eigenvalue weighted by Crippen LogP contribution is 2.40. The van der Waals surface area contributed by atoms with Crippen molar-refractivity contribution in [3.63, 3.8) is 0 Å². The number of ketones is 1. The van der Waals surface area contributed by atoms with Crippen LogP contribution in [-0.2, 0) is 9.67 Å². The lowest BCUT2D eigenvalue weighted by atomic mass is 9.85. The molecule has 1 aliphatic rings. The molecule has 0 radical (unpaired) electrons. The molecular formula is C15H9ClFNO2. The molecule has 0 aliphatic carbocycles. The number of anilines is 1. The fourth-order valence-electron chi connectivity index (χ4n) is 2.26. The van der Waals surface area contributed by atoms with Gasteiger partial charge in [0.2, 0.25) is 4.87 Å². The van der Waals surface area contributed by atoms with E-state index in [2.05, 4.69) is 5.32 Å². The van der Waals surface area contributed by atoms with Crippen LogP contribution in [0.3, 0.4) is 0 Å². The largest absolute Gasteiger partial charge is 0.321 e. The lowest BCUT2D eigenvalue weighted by Crippen LogP contribution is -2.46. The molecule has 3 nitrogen and oxygen atoms in total. The van der Waals surface area contributed by atoms with Gasteiger partial charge in [-0.25, -0.2) is 4.39 Å². The van der Waals surface area contributed by atoms with E-state index in [4.69, 9.17) is 11.6 Å². The quantitative estimate of drug-likeness (QED) is 0.648. The monoisotopic (exact) mass is 289 g/mol. The molecule has 0 saturated heterocycles. The number of rotatable bonds is 1. The smallest absolute Gasteiger partial charge is 0.258 e. The minimum Gasteiger partial charge on any atom is -0.321 e. The van der Waals surface area contributed by atoms with Crippen LogP contribution >= 0.6 is 11.6 Å². The van der Waals surface area contributed by atoms with Gasteiger partial charge in [-0.05, 0) is 17.7 Å². The van der Waals surface area contributed by atoms with Crippen molar-refractivity contribution < 1.29 is 14.0 Å². The van der Waals surface area contributed by atoms with Crippen LogP contribution in [0.15, 0.2) is 48.5 Å². The number of alkyl halides is 1. The summed E-state index contributed by atoms with van der Waals surface area (Å²) in [5, 5.41) is 2.38. The van der Waals surface area contributed by atoms with Gasteiger partial charge in [-0.2, -0.15) is 0 Å². The topological polar surface area (TPSA) is 46.2 Å². The summed E-state index contributed by atoms with van der Waals surface area (Å²) in [6.07, 6.45) is 0. The van der Waals surface area contributed by atoms with Gasteiger partial charge in [0.1, 0.15) is 5.82 Å². The third-order valence-electron chi connectivity index (χ3n) is 3.29. The van der Waals surface area contributed by atoms with E-state index in [1.54, 1.807) is 30.3 Å². The number of Topliss-reactive ketones (excluding diaryl/α,β-unsaturated/α-hetero) is 1. The SMILES string of the molecule is O=C1Nc2c(F)cccc2C(=O)C1(Cl)c1ccccc1. The Kier molecular flexibility index (Phi) is 2.83. The fourth-order valence-corrected chi connectivity index (χ4v) is 2.53. The lowest BCUT2D eigenvalue weighted by Gasteiger charge is -2.30. The number of amides is 1. The maximum absolute atomic E-state index is 13.7. The van der Waals surface area contributed by atoms with Gasteiger partial charge in [0.25, 0.3) is 5.91 Å². The molecular weight excluding hydrogens is 281 g/mol. The van der Waals surface area contributed by atoms with E-state index in [-0.39, 0.29) is 11.3 Å². The summed E-state index contributed by atoms with van der Waals surface area (Å²) in [5.74, 6) is -2.02. The van der Waals surface area contributed by atoms with E-state index in [0.29, 0.717) is 5.56 Å². The van der Waals surface area contributed by atoms with Gasteiger partial charge in [-0.15, -0.1) is 0 Å². The van der Waals surface area contributed by atoms with Gasteiger partial charge in [-0.1, -0.05) is 48.0 Å². The molecule has 1 heterocycles. The van der Waals surface area contributed by atoms with E-state index in [1.165, 1.54) is 18.2 Å². The highest BCUT2D eigenvalue weighted by Gasteiger charge is 2.50. The Morgan fingerprint density at radius 1 is 1.00 bits per heavy atom. The van der Waals surface area contributed by atoms with Gasteiger partial charge in [0.05, 0.1) is 5.69 Å². The standard InChI is InChI=1S/C15H9ClFNO2/c16-15(9-5-2-1-3-6-9)13(19)10-7-4-8-11(17)12(10)18-14(15)20/h1-8H,(H,18,20). The molecule has 1 amide bonds. The van der Waals surface area contributed by atoms with E-state index in [9.17, 15) is 14.0 Å². The van der Waals surface area contributed by atoms with Crippen molar-refractivity contribution in [3.05, 3.63) is 65.5 Å². The molecule has 0 spiro atoms. The Morgan fingerprint density at radius 3 is 2.40 bits per heavy atom. The molecule has 0 fully saturated rings. The third kappa shape index (κ3) is 1.65. The Hall–Kier alpha value is -2.20. The van der Waals surface area contributed by atoms with E-state index in [1.807, 2.05) is 0 Å². The van der Waals surface area contributed by atoms with Crippen molar-refractivity contribution in [2.45, 2.75) is 4.87 Å². The lowest BCUT2D eigenvalue weighted by molar-refractivity contribution is -0.118. The number of carbonyl (C=O) groups excluding carboxylic acids is 2. The summed E-state index contributed by atoms with van der Waals surface area (Å²) in [6.45, 7) is 0. The zero-order chi connectivity index (χ0) is 14.3. The Labute approximate surface area is 119 Å². The highest BCUT2D eigenvalue weighted by molar-refractivity contribution is 6.51. The first-order valence-corrected chi connectivity index (χ1v) is 6.32. The van der Waals surface area contributed by atoms with Crippen molar-refractivity contribution in [2.24, 2.45) is 0 Å². The molecule has 1 N–H and O–H groups in total. The Morgan fingerprint density at radius 2 is 1.70 bits per heavy atom. The van der Waals surface area contributed by atoms with E-state index < -0.39 is 22.4 Å². The van der Waals surface area contributed by atoms with E-state index >= 15 is 0 Å². The molecule has 100 valence electrons. The van der Waals surface area contributed by atoms with Crippen LogP contribution in [0.5, 0.6) is 0 Å². The van der Waals surface area contributed by atoms with Gasteiger partial charge in [0.15, 0.2) is 5.78 Å². The summed E-state index contributed by atoms with van der Waals surface area (Å²) in [4.78, 5) is 22.9. The first kappa shape index (κ1) is 12.8. The van der Waals surface area contributed by atoms with Crippen molar-refractivity contribution >= 4 is 29.0 Å². The molecule has 1 atom stereocenters. The maximum atomic E-state index is 13.7. The normalized spacial score (nSPS) is 21.3. The first-order chi connectivity index (χ1) is 9.55. The fraction of sp³-hybridized carbons (Fsp3) is 0.0667. The number of hydrogen-bond acceptors (Lipinski definition) is 2. The molecule has 1 unspecified atom stereocenters. The average Bonchev–Trinajstić information content (AvgIpc) is 2.47. The second-order valence-corrected chi connectivity index (χ2v) is 5.04. The number of halogens is 2. The predicted molar refractivity (Wildman–Crippen MR) is 73.3 cm³/mol. The van der Waals surface area contributed by atoms with Crippen molar-refractivity contribution in [1.29, 1.82) is 0 Å². The van der Waals surface area contributed by atoms with Crippen LogP contribution in [0.1, 0.15) is 15.9 Å². The van der Waals surface area contributed by atoms with Crippen LogP contribution in [0.4, 0.5) is 10.1 Å². The van der Waals surface area contributed by atoms with Gasteiger partial charge < -0.3 is 5.32 Å². The average molecular weight is 290 g/mol. The molecule has 0 bridgehead atoms. The maximum Gasteiger partial charge on any atom is 0.258 e. The second-order valence-electron chi connectivity index (χ2n) is 4.47. The molecule has 5 heteroatoms. The van der Waals surface area contributed by atoms with Gasteiger partial charge >= 0.3 is 0 Å². The summed E-state index contributed by atoms with van der Waals surface area (Å²) >= 11 is 6.30. The number of carbonyl (C=O) groups is 2. The molecule has 0 aromatic heterocycles. The molecule has 0 saturated carbocycles. The number of fused-ring (bicyclic) bond motifs is 1. The highest BCUT2D eigenvalue weighted by atomic mass is 35.5. The predicted octanol–water partition coefficient (Wildman–Crippen LogP) is 3.09. The zero-order valence-corrected chi connectivity index (χ0v) is 10.9. The van der Waals surface area contributed by atoms with Crippen LogP contribution in [0.2, 0.25) is 0 Å². The summed E-state index contributed by atoms with van der Waals surface area (Å²) in [6, 6.07) is 12.3. The summed E-state index contributed by atoms with van der Waals surface area (Å²) in [5.41, 5.74) is 0.317. The molecule has 1 aliphatic heterocycles. The van der Waals surface area contributed by atoms with Crippen LogP contribution in [0, 0.1) is 5.82 Å².